The van der Waals surface area contributed by atoms with Gasteiger partial charge in [0.15, 0.2) is 5.65 Å². The van der Waals surface area contributed by atoms with E-state index in [-0.39, 0.29) is 0 Å². The van der Waals surface area contributed by atoms with Gasteiger partial charge in [0.25, 0.3) is 0 Å². The molecule has 2 aromatic heterocycles. The highest BCUT2D eigenvalue weighted by molar-refractivity contribution is 5.86. The van der Waals surface area contributed by atoms with Crippen LogP contribution in [0.3, 0.4) is 0 Å². The normalized spacial score (nSPS) is 11.3. The highest BCUT2D eigenvalue weighted by Gasteiger charge is 2.10. The van der Waals surface area contributed by atoms with E-state index in [4.69, 9.17) is 0 Å². The maximum atomic E-state index is 4.49. The average Bonchev–Trinajstić information content (AvgIpc) is 2.93. The summed E-state index contributed by atoms with van der Waals surface area (Å²) in [5.74, 6) is 0.853. The number of fused-ring (bicyclic) bond motifs is 1. The molecule has 2 N–H and O–H groups in total. The Kier molecular flexibility index (Phi) is 4.52. The summed E-state index contributed by atoms with van der Waals surface area (Å²) in [6.45, 7) is 4.70. The zero-order valence-electron chi connectivity index (χ0n) is 13.9. The van der Waals surface area contributed by atoms with Crippen LogP contribution in [-0.2, 0) is 6.54 Å². The topological polar surface area (TPSA) is 60.1 Å². The van der Waals surface area contributed by atoms with Crippen LogP contribution in [0.4, 0.5) is 5.82 Å². The summed E-state index contributed by atoms with van der Waals surface area (Å²) in [6, 6.07) is 8.49. The Morgan fingerprint density at radius 2 is 1.91 bits per heavy atom. The minimum atomic E-state index is 0.710. The van der Waals surface area contributed by atoms with E-state index < -0.39 is 0 Å². The number of rotatable bonds is 6. The lowest BCUT2D eigenvalue weighted by Crippen LogP contribution is -3.06. The number of anilines is 1. The molecule has 2 heterocycles. The van der Waals surface area contributed by atoms with Crippen molar-refractivity contribution in [1.29, 1.82) is 0 Å². The number of hydrogen-bond donors (Lipinski definition) is 2. The highest BCUT2D eigenvalue weighted by atomic mass is 15.3. The molecular formula is C17H23N6+. The van der Waals surface area contributed by atoms with Crippen molar-refractivity contribution in [2.45, 2.75) is 13.5 Å². The lowest BCUT2D eigenvalue weighted by molar-refractivity contribution is -0.856. The number of aryl methyl sites for hydroxylation is 1. The summed E-state index contributed by atoms with van der Waals surface area (Å²) in [6.07, 6.45) is 3.44. The molecule has 6 heteroatoms. The number of aromatic nitrogens is 4. The van der Waals surface area contributed by atoms with Gasteiger partial charge in [-0.3, -0.25) is 0 Å². The van der Waals surface area contributed by atoms with E-state index in [2.05, 4.69) is 65.7 Å². The van der Waals surface area contributed by atoms with Crippen LogP contribution in [0.5, 0.6) is 0 Å². The first-order valence-electron chi connectivity index (χ1n) is 7.88. The fourth-order valence-corrected chi connectivity index (χ4v) is 2.45. The molecule has 0 aliphatic rings. The molecule has 0 unspecified atom stereocenters. The Morgan fingerprint density at radius 1 is 1.13 bits per heavy atom. The summed E-state index contributed by atoms with van der Waals surface area (Å²) in [5.41, 5.74) is 3.33. The third-order valence-corrected chi connectivity index (χ3v) is 3.80. The van der Waals surface area contributed by atoms with E-state index in [1.54, 1.807) is 6.33 Å². The van der Waals surface area contributed by atoms with Crippen molar-refractivity contribution in [3.05, 3.63) is 47.9 Å². The SMILES string of the molecule is Cc1ccc(Cn2ncc3c(NCC[NH+](C)C)ncnc32)cc1. The number of nitrogens with one attached hydrogen (secondary N) is 2. The van der Waals surface area contributed by atoms with E-state index in [1.807, 2.05) is 10.9 Å². The van der Waals surface area contributed by atoms with Crippen LogP contribution in [0.2, 0.25) is 0 Å². The first-order valence-corrected chi connectivity index (χ1v) is 7.88. The van der Waals surface area contributed by atoms with Gasteiger partial charge in [-0.05, 0) is 12.5 Å². The third kappa shape index (κ3) is 3.65. The molecule has 0 fully saturated rings. The van der Waals surface area contributed by atoms with Crippen LogP contribution in [0.15, 0.2) is 36.8 Å². The molecule has 0 radical (unpaired) electrons. The van der Waals surface area contributed by atoms with Gasteiger partial charge in [-0.2, -0.15) is 5.10 Å². The molecule has 0 bridgehead atoms. The second-order valence-corrected chi connectivity index (χ2v) is 6.13. The first kappa shape index (κ1) is 15.4. The van der Waals surface area contributed by atoms with E-state index >= 15 is 0 Å². The second kappa shape index (κ2) is 6.75. The van der Waals surface area contributed by atoms with Crippen molar-refractivity contribution >= 4 is 16.9 Å². The van der Waals surface area contributed by atoms with Crippen LogP contribution in [0, 0.1) is 6.92 Å². The van der Waals surface area contributed by atoms with Gasteiger partial charge >= 0.3 is 0 Å². The Bertz CT molecular complexity index is 775. The standard InChI is InChI=1S/C17H22N6/c1-13-4-6-14(7-5-13)11-23-17-15(10-21-23)16(19-12-20-17)18-8-9-22(2)3/h4-7,10,12H,8-9,11H2,1-3H3,(H,18,19,20)/p+1. The van der Waals surface area contributed by atoms with E-state index in [1.165, 1.54) is 16.0 Å². The zero-order valence-corrected chi connectivity index (χ0v) is 13.9. The lowest BCUT2D eigenvalue weighted by atomic mass is 10.1. The van der Waals surface area contributed by atoms with E-state index in [0.29, 0.717) is 6.54 Å². The van der Waals surface area contributed by atoms with Crippen molar-refractivity contribution in [3.8, 4) is 0 Å². The predicted molar refractivity (Wildman–Crippen MR) is 91.8 cm³/mol. The van der Waals surface area contributed by atoms with Crippen LogP contribution in [0.25, 0.3) is 11.0 Å². The Labute approximate surface area is 136 Å². The maximum absolute atomic E-state index is 4.49. The van der Waals surface area contributed by atoms with Gasteiger partial charge in [0, 0.05) is 0 Å². The molecule has 0 aliphatic heterocycles. The number of hydrogen-bond acceptors (Lipinski definition) is 4. The fraction of sp³-hybridized carbons (Fsp3) is 0.353. The van der Waals surface area contributed by atoms with E-state index in [0.717, 1.165) is 29.9 Å². The summed E-state index contributed by atoms with van der Waals surface area (Å²) in [5, 5.41) is 8.83. The minimum Gasteiger partial charge on any atom is -0.364 e. The quantitative estimate of drug-likeness (QED) is 0.705. The molecule has 23 heavy (non-hydrogen) atoms. The van der Waals surface area contributed by atoms with Crippen molar-refractivity contribution in [3.63, 3.8) is 0 Å². The average molecular weight is 311 g/mol. The van der Waals surface area contributed by atoms with Gasteiger partial charge in [0.05, 0.1) is 45.3 Å². The smallest absolute Gasteiger partial charge is 0.163 e. The van der Waals surface area contributed by atoms with Gasteiger partial charge in [-0.1, -0.05) is 29.8 Å². The number of nitrogens with zero attached hydrogens (tertiary/aromatic N) is 4. The monoisotopic (exact) mass is 311 g/mol. The molecule has 0 amide bonds. The molecule has 0 spiro atoms. The van der Waals surface area contributed by atoms with E-state index in [9.17, 15) is 0 Å². The van der Waals surface area contributed by atoms with Crippen LogP contribution >= 0.6 is 0 Å². The molecule has 6 nitrogen and oxygen atoms in total. The van der Waals surface area contributed by atoms with Crippen molar-refractivity contribution in [1.82, 2.24) is 19.7 Å². The van der Waals surface area contributed by atoms with Gasteiger partial charge in [0.2, 0.25) is 0 Å². The van der Waals surface area contributed by atoms with Gasteiger partial charge in [-0.25, -0.2) is 14.6 Å². The fourth-order valence-electron chi connectivity index (χ4n) is 2.45. The number of quaternary nitrogens is 1. The molecular weight excluding hydrogens is 288 g/mol. The van der Waals surface area contributed by atoms with Crippen molar-refractivity contribution in [2.75, 3.05) is 32.5 Å². The first-order chi connectivity index (χ1) is 11.1. The Balaban J connectivity index is 1.81. The summed E-state index contributed by atoms with van der Waals surface area (Å²) in [4.78, 5) is 10.2. The molecule has 0 aliphatic carbocycles. The minimum absolute atomic E-state index is 0.710. The number of likely N-dealkylation sites (N-methyl/N-ethyl adjacent to an activating group) is 1. The molecule has 0 atom stereocenters. The Hall–Kier alpha value is -2.47. The molecule has 0 saturated heterocycles. The van der Waals surface area contributed by atoms with Gasteiger partial charge in [0.1, 0.15) is 12.1 Å². The molecule has 1 aromatic carbocycles. The van der Waals surface area contributed by atoms with Gasteiger partial charge in [-0.15, -0.1) is 0 Å². The van der Waals surface area contributed by atoms with Crippen molar-refractivity contribution in [2.24, 2.45) is 0 Å². The predicted octanol–water partition coefficient (Wildman–Crippen LogP) is 0.739. The zero-order chi connectivity index (χ0) is 16.2. The maximum Gasteiger partial charge on any atom is 0.163 e. The van der Waals surface area contributed by atoms with Gasteiger partial charge < -0.3 is 10.2 Å². The van der Waals surface area contributed by atoms with Crippen LogP contribution in [-0.4, -0.2) is 46.9 Å². The van der Waals surface area contributed by atoms with Crippen LogP contribution < -0.4 is 10.2 Å². The lowest BCUT2D eigenvalue weighted by Gasteiger charge is -2.09. The third-order valence-electron chi connectivity index (χ3n) is 3.80. The summed E-state index contributed by atoms with van der Waals surface area (Å²) in [7, 11) is 4.27. The Morgan fingerprint density at radius 3 is 2.65 bits per heavy atom. The molecule has 3 rings (SSSR count). The molecule has 0 saturated carbocycles. The second-order valence-electron chi connectivity index (χ2n) is 6.13. The summed E-state index contributed by atoms with van der Waals surface area (Å²) < 4.78 is 1.92. The molecule has 120 valence electrons. The molecule has 3 aromatic rings. The van der Waals surface area contributed by atoms with Crippen LogP contribution in [0.1, 0.15) is 11.1 Å². The largest absolute Gasteiger partial charge is 0.364 e. The highest BCUT2D eigenvalue weighted by Crippen LogP contribution is 2.19. The summed E-state index contributed by atoms with van der Waals surface area (Å²) >= 11 is 0. The number of benzene rings is 1. The van der Waals surface area contributed by atoms with Crippen molar-refractivity contribution < 1.29 is 4.90 Å².